The summed E-state index contributed by atoms with van der Waals surface area (Å²) in [4.78, 5) is 32.3. The van der Waals surface area contributed by atoms with E-state index < -0.39 is 12.0 Å². The van der Waals surface area contributed by atoms with Gasteiger partial charge in [-0.3, -0.25) is 9.88 Å². The van der Waals surface area contributed by atoms with Gasteiger partial charge in [0.05, 0.1) is 6.20 Å². The normalized spacial score (nSPS) is 13.1. The summed E-state index contributed by atoms with van der Waals surface area (Å²) >= 11 is 0. The first-order chi connectivity index (χ1) is 21.5. The maximum Gasteiger partial charge on any atom is 0.326 e. The molecule has 0 bridgehead atoms. The van der Waals surface area contributed by atoms with Crippen molar-refractivity contribution in [3.8, 4) is 16.9 Å². The smallest absolute Gasteiger partial charge is 0.326 e. The Bertz CT molecular complexity index is 1480. The van der Waals surface area contributed by atoms with Crippen LogP contribution in [0.4, 0.5) is 11.6 Å². The number of benzene rings is 1. The summed E-state index contributed by atoms with van der Waals surface area (Å²) in [5.74, 6) is 1.35. The summed E-state index contributed by atoms with van der Waals surface area (Å²) in [6, 6.07) is 17.1. The molecule has 0 spiro atoms. The second-order valence-electron chi connectivity index (χ2n) is 11.1. The first-order valence-electron chi connectivity index (χ1n) is 15.4. The van der Waals surface area contributed by atoms with E-state index in [4.69, 9.17) is 9.72 Å². The number of rotatable bonds is 16. The number of ether oxygens (including phenoxy) is 1. The van der Waals surface area contributed by atoms with Crippen molar-refractivity contribution in [1.29, 1.82) is 0 Å². The molecule has 1 aliphatic rings. The van der Waals surface area contributed by atoms with E-state index in [9.17, 15) is 9.90 Å². The standard InChI is InChI=1S/C34H41N7O3/c1-25-12-15-29(22-37-25)44-21-20-41(18-6-5-11-28-14-13-27-10-7-17-36-32(27)39-28)19-16-31(34(42)43)40-33-30(23-35-24-38-33)26-8-3-2-4-9-26/h2-4,8-9,12-15,22-24,31H,5-7,10-11,16-21H2,1H3,(H,36,39)(H,42,43)(H,35,38,40). The molecule has 5 rings (SSSR count). The van der Waals surface area contributed by atoms with Crippen molar-refractivity contribution in [2.45, 2.75) is 51.5 Å². The number of carboxylic acid groups (broad SMARTS) is 1. The number of aliphatic carboxylic acids is 1. The van der Waals surface area contributed by atoms with Crippen molar-refractivity contribution in [3.63, 3.8) is 0 Å². The van der Waals surface area contributed by atoms with Crippen LogP contribution in [0.25, 0.3) is 11.1 Å². The lowest BCUT2D eigenvalue weighted by atomic mass is 10.1. The molecule has 3 N–H and O–H groups in total. The molecule has 44 heavy (non-hydrogen) atoms. The van der Waals surface area contributed by atoms with E-state index in [0.29, 0.717) is 31.9 Å². The Labute approximate surface area is 259 Å². The lowest BCUT2D eigenvalue weighted by Gasteiger charge is -2.25. The number of carboxylic acids is 1. The Morgan fingerprint density at radius 1 is 1.05 bits per heavy atom. The summed E-state index contributed by atoms with van der Waals surface area (Å²) in [6.45, 7) is 5.50. The maximum atomic E-state index is 12.3. The topological polar surface area (TPSA) is 125 Å². The lowest BCUT2D eigenvalue weighted by Crippen LogP contribution is -2.37. The van der Waals surface area contributed by atoms with Crippen LogP contribution in [0.3, 0.4) is 0 Å². The SMILES string of the molecule is Cc1ccc(OCCN(CCCCc2ccc3c(n2)NCCC3)CCC(Nc2ncncc2-c2ccccc2)C(=O)O)cn1. The van der Waals surface area contributed by atoms with Crippen LogP contribution in [0.2, 0.25) is 0 Å². The van der Waals surface area contributed by atoms with Crippen LogP contribution in [-0.4, -0.2) is 74.7 Å². The third-order valence-electron chi connectivity index (χ3n) is 7.81. The highest BCUT2D eigenvalue weighted by Gasteiger charge is 2.21. The number of nitrogens with one attached hydrogen (secondary N) is 2. The highest BCUT2D eigenvalue weighted by molar-refractivity contribution is 5.81. The molecule has 4 heterocycles. The van der Waals surface area contributed by atoms with Crippen LogP contribution in [0.1, 0.15) is 42.6 Å². The van der Waals surface area contributed by atoms with Gasteiger partial charge in [-0.05, 0) is 81.3 Å². The van der Waals surface area contributed by atoms with Gasteiger partial charge in [-0.2, -0.15) is 0 Å². The Hall–Kier alpha value is -4.57. The van der Waals surface area contributed by atoms with Crippen molar-refractivity contribution < 1.29 is 14.6 Å². The van der Waals surface area contributed by atoms with Gasteiger partial charge in [0.2, 0.25) is 0 Å². The first kappa shape index (κ1) is 30.9. The summed E-state index contributed by atoms with van der Waals surface area (Å²) in [6.07, 6.45) is 10.4. The zero-order valence-corrected chi connectivity index (χ0v) is 25.3. The lowest BCUT2D eigenvalue weighted by molar-refractivity contribution is -0.138. The number of nitrogens with zero attached hydrogens (tertiary/aromatic N) is 5. The minimum atomic E-state index is -0.920. The number of aryl methyl sites for hydroxylation is 3. The molecule has 0 fully saturated rings. The fourth-order valence-electron chi connectivity index (χ4n) is 5.32. The summed E-state index contributed by atoms with van der Waals surface area (Å²) in [7, 11) is 0. The maximum absolute atomic E-state index is 12.3. The molecule has 0 saturated heterocycles. The van der Waals surface area contributed by atoms with Crippen LogP contribution >= 0.6 is 0 Å². The molecule has 0 saturated carbocycles. The highest BCUT2D eigenvalue weighted by atomic mass is 16.5. The van der Waals surface area contributed by atoms with Gasteiger partial charge in [-0.25, -0.2) is 19.7 Å². The fourth-order valence-corrected chi connectivity index (χ4v) is 5.32. The van der Waals surface area contributed by atoms with E-state index >= 15 is 0 Å². The number of anilines is 2. The van der Waals surface area contributed by atoms with Gasteiger partial charge in [0.15, 0.2) is 0 Å². The number of hydrogen-bond acceptors (Lipinski definition) is 9. The molecule has 3 aromatic heterocycles. The van der Waals surface area contributed by atoms with Crippen LogP contribution in [0, 0.1) is 6.92 Å². The van der Waals surface area contributed by atoms with E-state index in [0.717, 1.165) is 79.3 Å². The average molecular weight is 596 g/mol. The Morgan fingerprint density at radius 2 is 1.93 bits per heavy atom. The zero-order valence-electron chi connectivity index (χ0n) is 25.3. The van der Waals surface area contributed by atoms with Gasteiger partial charge in [0.25, 0.3) is 0 Å². The summed E-state index contributed by atoms with van der Waals surface area (Å²) < 4.78 is 5.96. The second-order valence-corrected chi connectivity index (χ2v) is 11.1. The molecule has 1 aromatic carbocycles. The molecule has 10 nitrogen and oxygen atoms in total. The van der Waals surface area contributed by atoms with Gasteiger partial charge >= 0.3 is 5.97 Å². The van der Waals surface area contributed by atoms with E-state index in [-0.39, 0.29) is 0 Å². The number of hydrogen-bond donors (Lipinski definition) is 3. The van der Waals surface area contributed by atoms with E-state index in [1.165, 1.54) is 11.9 Å². The van der Waals surface area contributed by atoms with Crippen LogP contribution in [0.15, 0.2) is 73.3 Å². The third kappa shape index (κ3) is 8.97. The minimum absolute atomic E-state index is 0.400. The number of fused-ring (bicyclic) bond motifs is 1. The third-order valence-corrected chi connectivity index (χ3v) is 7.81. The van der Waals surface area contributed by atoms with Crippen LogP contribution in [0.5, 0.6) is 5.75 Å². The van der Waals surface area contributed by atoms with E-state index in [2.05, 4.69) is 42.6 Å². The van der Waals surface area contributed by atoms with Gasteiger partial charge < -0.3 is 20.5 Å². The summed E-state index contributed by atoms with van der Waals surface area (Å²) in [5.41, 5.74) is 5.04. The molecule has 1 atom stereocenters. The molecule has 0 radical (unpaired) electrons. The molecule has 4 aromatic rings. The fraction of sp³-hybridized carbons (Fsp3) is 0.382. The van der Waals surface area contributed by atoms with Crippen molar-refractivity contribution in [2.75, 3.05) is 43.4 Å². The number of pyridine rings is 2. The molecule has 1 unspecified atom stereocenters. The average Bonchev–Trinajstić information content (AvgIpc) is 3.06. The van der Waals surface area contributed by atoms with Crippen molar-refractivity contribution >= 4 is 17.6 Å². The van der Waals surface area contributed by atoms with Gasteiger partial charge in [0, 0.05) is 42.8 Å². The summed E-state index contributed by atoms with van der Waals surface area (Å²) in [5, 5.41) is 16.7. The molecule has 1 aliphatic heterocycles. The Kier molecular flexibility index (Phi) is 11.1. The Morgan fingerprint density at radius 3 is 2.75 bits per heavy atom. The number of carbonyl (C=O) groups is 1. The first-order valence-corrected chi connectivity index (χ1v) is 15.4. The molecule has 230 valence electrons. The highest BCUT2D eigenvalue weighted by Crippen LogP contribution is 2.26. The largest absolute Gasteiger partial charge is 0.491 e. The quantitative estimate of drug-likeness (QED) is 0.148. The van der Waals surface area contributed by atoms with Crippen LogP contribution in [-0.2, 0) is 17.6 Å². The predicted molar refractivity (Wildman–Crippen MR) is 172 cm³/mol. The van der Waals surface area contributed by atoms with Crippen molar-refractivity contribution in [2.24, 2.45) is 0 Å². The Balaban J connectivity index is 1.19. The molecule has 10 heteroatoms. The van der Waals surface area contributed by atoms with E-state index in [1.807, 2.05) is 49.4 Å². The molecular weight excluding hydrogens is 554 g/mol. The molecule has 0 aliphatic carbocycles. The van der Waals surface area contributed by atoms with E-state index in [1.54, 1.807) is 12.4 Å². The van der Waals surface area contributed by atoms with Gasteiger partial charge in [-0.15, -0.1) is 0 Å². The molecular formula is C34H41N7O3. The number of unbranched alkanes of at least 4 members (excludes halogenated alkanes) is 1. The van der Waals surface area contributed by atoms with Gasteiger partial charge in [0.1, 0.15) is 36.4 Å². The monoisotopic (exact) mass is 595 g/mol. The van der Waals surface area contributed by atoms with Crippen molar-refractivity contribution in [3.05, 3.63) is 90.3 Å². The van der Waals surface area contributed by atoms with Gasteiger partial charge in [-0.1, -0.05) is 36.4 Å². The van der Waals surface area contributed by atoms with Crippen LogP contribution < -0.4 is 15.4 Å². The zero-order chi connectivity index (χ0) is 30.6. The predicted octanol–water partition coefficient (Wildman–Crippen LogP) is 5.26. The second kappa shape index (κ2) is 15.8. The van der Waals surface area contributed by atoms with Crippen molar-refractivity contribution in [1.82, 2.24) is 24.8 Å². The minimum Gasteiger partial charge on any atom is -0.491 e. The number of aromatic nitrogens is 4. The molecule has 0 amide bonds.